The van der Waals surface area contributed by atoms with E-state index in [9.17, 15) is 0 Å². The van der Waals surface area contributed by atoms with Crippen molar-refractivity contribution in [1.82, 2.24) is 20.3 Å². The van der Waals surface area contributed by atoms with Gasteiger partial charge in [0.1, 0.15) is 5.75 Å². The number of benzene rings is 1. The molecule has 2 heterocycles. The summed E-state index contributed by atoms with van der Waals surface area (Å²) < 4.78 is 10.4. The molecular formula is C15H16N4O2. The number of nitrogens with one attached hydrogen (secondary N) is 1. The fourth-order valence-corrected chi connectivity index (χ4v) is 1.93. The van der Waals surface area contributed by atoms with E-state index in [0.29, 0.717) is 23.3 Å². The van der Waals surface area contributed by atoms with Crippen LogP contribution in [0.5, 0.6) is 5.75 Å². The van der Waals surface area contributed by atoms with Gasteiger partial charge in [0.05, 0.1) is 7.11 Å². The number of hydrogen-bond acceptors (Lipinski definition) is 5. The highest BCUT2D eigenvalue weighted by Crippen LogP contribution is 2.24. The number of hydrogen-bond donors (Lipinski definition) is 1. The molecule has 0 amide bonds. The van der Waals surface area contributed by atoms with Crippen LogP contribution < -0.4 is 4.74 Å². The van der Waals surface area contributed by atoms with Gasteiger partial charge in [-0.1, -0.05) is 19.0 Å². The molecule has 108 valence electrons. The third kappa shape index (κ3) is 2.65. The highest BCUT2D eigenvalue weighted by Gasteiger charge is 2.14. The zero-order valence-electron chi connectivity index (χ0n) is 12.1. The first-order valence-corrected chi connectivity index (χ1v) is 6.71. The van der Waals surface area contributed by atoms with Crippen molar-refractivity contribution in [3.63, 3.8) is 0 Å². The molecule has 1 aromatic carbocycles. The average molecular weight is 284 g/mol. The molecule has 21 heavy (non-hydrogen) atoms. The molecule has 1 N–H and O–H groups in total. The number of H-pyrrole nitrogens is 1. The highest BCUT2D eigenvalue weighted by molar-refractivity contribution is 5.58. The van der Waals surface area contributed by atoms with Crippen LogP contribution >= 0.6 is 0 Å². The molecule has 6 heteroatoms. The Hall–Kier alpha value is -2.63. The third-order valence-corrected chi connectivity index (χ3v) is 3.21. The van der Waals surface area contributed by atoms with Crippen LogP contribution in [0.1, 0.15) is 25.5 Å². The SMILES string of the molecule is COc1ccc(-c2noc(-c3cc(C(C)C)[nH]n3)n2)cc1. The van der Waals surface area contributed by atoms with E-state index in [2.05, 4.69) is 34.2 Å². The molecule has 0 unspecified atom stereocenters. The number of aromatic amines is 1. The van der Waals surface area contributed by atoms with Gasteiger partial charge in [-0.3, -0.25) is 5.10 Å². The van der Waals surface area contributed by atoms with Crippen LogP contribution in [-0.4, -0.2) is 27.4 Å². The summed E-state index contributed by atoms with van der Waals surface area (Å²) in [5.41, 5.74) is 2.56. The summed E-state index contributed by atoms with van der Waals surface area (Å²) in [5.74, 6) is 2.09. The van der Waals surface area contributed by atoms with E-state index < -0.39 is 0 Å². The van der Waals surface area contributed by atoms with Crippen LogP contribution in [-0.2, 0) is 0 Å². The van der Waals surface area contributed by atoms with Crippen LogP contribution in [0.3, 0.4) is 0 Å². The Morgan fingerprint density at radius 2 is 1.95 bits per heavy atom. The topological polar surface area (TPSA) is 76.8 Å². The quantitative estimate of drug-likeness (QED) is 0.795. The molecule has 0 aliphatic carbocycles. The van der Waals surface area contributed by atoms with E-state index in [1.54, 1.807) is 7.11 Å². The van der Waals surface area contributed by atoms with Gasteiger partial charge in [0.15, 0.2) is 5.69 Å². The Bertz CT molecular complexity index is 728. The molecule has 0 saturated carbocycles. The zero-order valence-corrected chi connectivity index (χ0v) is 12.1. The lowest BCUT2D eigenvalue weighted by Gasteiger charge is -1.98. The molecule has 0 spiro atoms. The van der Waals surface area contributed by atoms with Crippen molar-refractivity contribution in [3.05, 3.63) is 36.0 Å². The van der Waals surface area contributed by atoms with Gasteiger partial charge < -0.3 is 9.26 Å². The number of ether oxygens (including phenoxy) is 1. The maximum atomic E-state index is 5.28. The van der Waals surface area contributed by atoms with Gasteiger partial charge >= 0.3 is 0 Å². The van der Waals surface area contributed by atoms with Gasteiger partial charge in [0.25, 0.3) is 5.89 Å². The number of aromatic nitrogens is 4. The standard InChI is InChI=1S/C15H16N4O2/c1-9(2)12-8-13(18-17-12)15-16-14(19-21-15)10-4-6-11(20-3)7-5-10/h4-9H,1-3H3,(H,17,18). The fraction of sp³-hybridized carbons (Fsp3) is 0.267. The molecule has 0 radical (unpaired) electrons. The maximum absolute atomic E-state index is 5.28. The molecule has 0 aliphatic rings. The fourth-order valence-electron chi connectivity index (χ4n) is 1.93. The summed E-state index contributed by atoms with van der Waals surface area (Å²) in [6.07, 6.45) is 0. The number of methoxy groups -OCH3 is 1. The minimum absolute atomic E-state index is 0.371. The van der Waals surface area contributed by atoms with Crippen LogP contribution in [0.4, 0.5) is 0 Å². The molecule has 0 aliphatic heterocycles. The Kier molecular flexibility index (Phi) is 3.43. The first-order chi connectivity index (χ1) is 10.2. The third-order valence-electron chi connectivity index (χ3n) is 3.21. The van der Waals surface area contributed by atoms with Crippen molar-refractivity contribution < 1.29 is 9.26 Å². The predicted molar refractivity (Wildman–Crippen MR) is 78.0 cm³/mol. The van der Waals surface area contributed by atoms with E-state index in [1.807, 2.05) is 30.3 Å². The average Bonchev–Trinajstić information content (AvgIpc) is 3.16. The summed E-state index contributed by atoms with van der Waals surface area (Å²) in [4.78, 5) is 4.38. The van der Waals surface area contributed by atoms with Gasteiger partial charge in [-0.05, 0) is 36.2 Å². The minimum Gasteiger partial charge on any atom is -0.497 e. The van der Waals surface area contributed by atoms with Crippen LogP contribution in [0.25, 0.3) is 23.0 Å². The molecule has 2 aromatic heterocycles. The lowest BCUT2D eigenvalue weighted by atomic mass is 10.1. The number of nitrogens with zero attached hydrogens (tertiary/aromatic N) is 3. The molecule has 0 bridgehead atoms. The van der Waals surface area contributed by atoms with E-state index in [0.717, 1.165) is 17.0 Å². The molecule has 3 aromatic rings. The second kappa shape index (κ2) is 5.40. The van der Waals surface area contributed by atoms with Gasteiger partial charge in [0.2, 0.25) is 5.82 Å². The predicted octanol–water partition coefficient (Wildman–Crippen LogP) is 3.26. The second-order valence-corrected chi connectivity index (χ2v) is 5.01. The van der Waals surface area contributed by atoms with Crippen molar-refractivity contribution in [2.75, 3.05) is 7.11 Å². The van der Waals surface area contributed by atoms with Crippen molar-refractivity contribution in [2.45, 2.75) is 19.8 Å². The van der Waals surface area contributed by atoms with E-state index in [-0.39, 0.29) is 0 Å². The second-order valence-electron chi connectivity index (χ2n) is 5.01. The van der Waals surface area contributed by atoms with Crippen molar-refractivity contribution in [1.29, 1.82) is 0 Å². The Labute approximate surface area is 122 Å². The summed E-state index contributed by atoms with van der Waals surface area (Å²) in [6.45, 7) is 4.18. The van der Waals surface area contributed by atoms with Crippen molar-refractivity contribution >= 4 is 0 Å². The lowest BCUT2D eigenvalue weighted by Crippen LogP contribution is -1.85. The smallest absolute Gasteiger partial charge is 0.278 e. The molecule has 0 fully saturated rings. The minimum atomic E-state index is 0.371. The number of rotatable bonds is 4. The first-order valence-electron chi connectivity index (χ1n) is 6.71. The normalized spacial score (nSPS) is 11.0. The van der Waals surface area contributed by atoms with Crippen molar-refractivity contribution in [3.8, 4) is 28.7 Å². The maximum Gasteiger partial charge on any atom is 0.278 e. The highest BCUT2D eigenvalue weighted by atomic mass is 16.5. The Morgan fingerprint density at radius 3 is 2.57 bits per heavy atom. The van der Waals surface area contributed by atoms with Gasteiger partial charge in [0, 0.05) is 11.3 Å². The molecule has 6 nitrogen and oxygen atoms in total. The van der Waals surface area contributed by atoms with Gasteiger partial charge in [-0.2, -0.15) is 10.1 Å². The largest absolute Gasteiger partial charge is 0.497 e. The van der Waals surface area contributed by atoms with E-state index >= 15 is 0 Å². The summed E-state index contributed by atoms with van der Waals surface area (Å²) >= 11 is 0. The zero-order chi connectivity index (χ0) is 14.8. The summed E-state index contributed by atoms with van der Waals surface area (Å²) in [6, 6.07) is 9.42. The van der Waals surface area contributed by atoms with Crippen LogP contribution in [0, 0.1) is 0 Å². The Morgan fingerprint density at radius 1 is 1.19 bits per heavy atom. The van der Waals surface area contributed by atoms with Crippen LogP contribution in [0.2, 0.25) is 0 Å². The Balaban J connectivity index is 1.87. The molecule has 3 rings (SSSR count). The molecule has 0 atom stereocenters. The summed E-state index contributed by atoms with van der Waals surface area (Å²) in [5, 5.41) is 11.2. The van der Waals surface area contributed by atoms with E-state index in [1.165, 1.54) is 0 Å². The van der Waals surface area contributed by atoms with Crippen LogP contribution in [0.15, 0.2) is 34.9 Å². The van der Waals surface area contributed by atoms with Gasteiger partial charge in [-0.25, -0.2) is 0 Å². The van der Waals surface area contributed by atoms with Gasteiger partial charge in [-0.15, -0.1) is 0 Å². The summed E-state index contributed by atoms with van der Waals surface area (Å²) in [7, 11) is 1.63. The molecule has 0 saturated heterocycles. The first kappa shape index (κ1) is 13.4. The lowest BCUT2D eigenvalue weighted by molar-refractivity contribution is 0.414. The van der Waals surface area contributed by atoms with Crippen molar-refractivity contribution in [2.24, 2.45) is 0 Å². The molecular weight excluding hydrogens is 268 g/mol. The monoisotopic (exact) mass is 284 g/mol. The van der Waals surface area contributed by atoms with E-state index in [4.69, 9.17) is 9.26 Å².